The second kappa shape index (κ2) is 5.40. The Labute approximate surface area is 119 Å². The maximum absolute atomic E-state index is 12.4. The Kier molecular flexibility index (Phi) is 3.99. The van der Waals surface area contributed by atoms with Gasteiger partial charge in [0.1, 0.15) is 0 Å². The van der Waals surface area contributed by atoms with Crippen LogP contribution in [0.15, 0.2) is 23.1 Å². The molecule has 0 radical (unpaired) electrons. The van der Waals surface area contributed by atoms with Gasteiger partial charge in [-0.05, 0) is 39.4 Å². The molecular weight excluding hydrogens is 254 g/mol. The quantitative estimate of drug-likeness (QED) is 0.823. The Balaban J connectivity index is 2.12. The fourth-order valence-corrected chi connectivity index (χ4v) is 2.75. The Hall–Kier alpha value is -1.62. The smallest absolute Gasteiger partial charge is 0.253 e. The molecule has 0 N–H and O–H groups in total. The van der Waals surface area contributed by atoms with Gasteiger partial charge < -0.3 is 14.4 Å². The summed E-state index contributed by atoms with van der Waals surface area (Å²) in [6, 6.07) is 3.10. The Morgan fingerprint density at radius 3 is 2.45 bits per heavy atom. The minimum Gasteiger partial charge on any atom is -0.340 e. The summed E-state index contributed by atoms with van der Waals surface area (Å²) in [5, 5.41) is 0. The van der Waals surface area contributed by atoms with Crippen molar-refractivity contribution < 1.29 is 4.79 Å². The topological polar surface area (TPSA) is 45.5 Å². The van der Waals surface area contributed by atoms with Gasteiger partial charge in [-0.1, -0.05) is 0 Å². The predicted octanol–water partition coefficient (Wildman–Crippen LogP) is 0.942. The number of nitrogens with zero attached hydrogens (tertiary/aromatic N) is 3. The molecule has 2 rings (SSSR count). The van der Waals surface area contributed by atoms with Gasteiger partial charge in [0.05, 0.1) is 0 Å². The molecule has 5 heteroatoms. The van der Waals surface area contributed by atoms with Crippen molar-refractivity contribution in [1.29, 1.82) is 0 Å². The minimum atomic E-state index is -0.157. The molecule has 0 aromatic carbocycles. The van der Waals surface area contributed by atoms with E-state index in [4.69, 9.17) is 0 Å². The zero-order valence-electron chi connectivity index (χ0n) is 12.7. The first kappa shape index (κ1) is 14.8. The van der Waals surface area contributed by atoms with Crippen LogP contribution in [0.2, 0.25) is 0 Å². The minimum absolute atomic E-state index is 0.0872. The summed E-state index contributed by atoms with van der Waals surface area (Å²) in [7, 11) is 7.62. The summed E-state index contributed by atoms with van der Waals surface area (Å²) < 4.78 is 1.46. The van der Waals surface area contributed by atoms with E-state index < -0.39 is 0 Å². The highest BCUT2D eigenvalue weighted by atomic mass is 16.2. The van der Waals surface area contributed by atoms with Gasteiger partial charge >= 0.3 is 0 Å². The normalized spacial score (nSPS) is 16.9. The molecule has 1 amide bonds. The number of likely N-dealkylation sites (N-methyl/N-ethyl adjacent to an activating group) is 2. The highest BCUT2D eigenvalue weighted by Gasteiger charge is 2.40. The molecule has 0 spiro atoms. The average Bonchev–Trinajstić information content (AvgIpc) is 2.35. The third kappa shape index (κ3) is 2.63. The fraction of sp³-hybridized carbons (Fsp3) is 0.600. The second-order valence-electron chi connectivity index (χ2n) is 6.00. The monoisotopic (exact) mass is 277 g/mol. The summed E-state index contributed by atoms with van der Waals surface area (Å²) in [5.74, 6) is -0.0872. The largest absolute Gasteiger partial charge is 0.340 e. The van der Waals surface area contributed by atoms with E-state index in [1.807, 2.05) is 7.05 Å². The van der Waals surface area contributed by atoms with E-state index >= 15 is 0 Å². The molecule has 0 atom stereocenters. The summed E-state index contributed by atoms with van der Waals surface area (Å²) >= 11 is 0. The van der Waals surface area contributed by atoms with E-state index in [1.54, 1.807) is 24.2 Å². The van der Waals surface area contributed by atoms with Crippen LogP contribution in [0.1, 0.15) is 29.6 Å². The molecular formula is C15H23N3O2. The molecule has 0 aliphatic heterocycles. The van der Waals surface area contributed by atoms with Crippen molar-refractivity contribution in [1.82, 2.24) is 14.4 Å². The first-order chi connectivity index (χ1) is 9.35. The van der Waals surface area contributed by atoms with Crippen molar-refractivity contribution in [3.63, 3.8) is 0 Å². The maximum atomic E-state index is 12.4. The number of aromatic nitrogens is 1. The number of amides is 1. The molecule has 110 valence electrons. The van der Waals surface area contributed by atoms with Gasteiger partial charge in [-0.2, -0.15) is 0 Å². The van der Waals surface area contributed by atoms with Gasteiger partial charge in [-0.3, -0.25) is 9.59 Å². The summed E-state index contributed by atoms with van der Waals surface area (Å²) in [4.78, 5) is 28.0. The van der Waals surface area contributed by atoms with Gasteiger partial charge in [0.25, 0.3) is 11.5 Å². The molecule has 0 saturated heterocycles. The summed E-state index contributed by atoms with van der Waals surface area (Å²) in [5.41, 5.74) is 0.406. The first-order valence-electron chi connectivity index (χ1n) is 6.95. The molecule has 5 nitrogen and oxygen atoms in total. The van der Waals surface area contributed by atoms with Crippen molar-refractivity contribution in [2.75, 3.05) is 27.7 Å². The summed E-state index contributed by atoms with van der Waals surface area (Å²) in [6.07, 6.45) is 5.09. The SMILES string of the molecule is CN(CC1(N(C)C)CCC1)C(=O)c1ccn(C)c(=O)c1. The lowest BCUT2D eigenvalue weighted by Gasteiger charge is -2.49. The second-order valence-corrected chi connectivity index (χ2v) is 6.00. The number of pyridine rings is 1. The van der Waals surface area contributed by atoms with E-state index in [9.17, 15) is 9.59 Å². The molecule has 20 heavy (non-hydrogen) atoms. The fourth-order valence-electron chi connectivity index (χ4n) is 2.75. The Morgan fingerprint density at radius 2 is 2.00 bits per heavy atom. The Morgan fingerprint density at radius 1 is 1.35 bits per heavy atom. The molecule has 1 aliphatic rings. The molecule has 1 fully saturated rings. The van der Waals surface area contributed by atoms with E-state index in [-0.39, 0.29) is 17.0 Å². The lowest BCUT2D eigenvalue weighted by molar-refractivity contribution is 0.0252. The van der Waals surface area contributed by atoms with Crippen LogP contribution in [-0.2, 0) is 7.05 Å². The third-order valence-corrected chi connectivity index (χ3v) is 4.46. The molecule has 0 unspecified atom stereocenters. The molecule has 0 bridgehead atoms. The molecule has 1 aromatic rings. The van der Waals surface area contributed by atoms with E-state index in [0.717, 1.165) is 12.8 Å². The highest BCUT2D eigenvalue weighted by Crippen LogP contribution is 2.36. The van der Waals surface area contributed by atoms with Crippen molar-refractivity contribution in [2.24, 2.45) is 7.05 Å². The highest BCUT2D eigenvalue weighted by molar-refractivity contribution is 5.93. The number of aryl methyl sites for hydroxylation is 1. The van der Waals surface area contributed by atoms with Gasteiger partial charge in [-0.15, -0.1) is 0 Å². The number of hydrogen-bond acceptors (Lipinski definition) is 3. The van der Waals surface area contributed by atoms with Crippen LogP contribution >= 0.6 is 0 Å². The van der Waals surface area contributed by atoms with Crippen LogP contribution in [0, 0.1) is 0 Å². The van der Waals surface area contributed by atoms with Crippen LogP contribution in [0.4, 0.5) is 0 Å². The third-order valence-electron chi connectivity index (χ3n) is 4.46. The molecule has 1 heterocycles. The van der Waals surface area contributed by atoms with Gasteiger partial charge in [-0.25, -0.2) is 0 Å². The van der Waals surface area contributed by atoms with Gasteiger partial charge in [0, 0.05) is 44.0 Å². The van der Waals surface area contributed by atoms with Crippen molar-refractivity contribution in [2.45, 2.75) is 24.8 Å². The van der Waals surface area contributed by atoms with Crippen LogP contribution in [0.3, 0.4) is 0 Å². The average molecular weight is 277 g/mol. The lowest BCUT2D eigenvalue weighted by Crippen LogP contribution is -2.57. The van der Waals surface area contributed by atoms with Crippen LogP contribution < -0.4 is 5.56 Å². The van der Waals surface area contributed by atoms with Gasteiger partial charge in [0.2, 0.25) is 0 Å². The molecule has 1 saturated carbocycles. The maximum Gasteiger partial charge on any atom is 0.253 e. The predicted molar refractivity (Wildman–Crippen MR) is 78.9 cm³/mol. The van der Waals surface area contributed by atoms with Crippen molar-refractivity contribution in [3.8, 4) is 0 Å². The number of carbonyl (C=O) groups excluding carboxylic acids is 1. The van der Waals surface area contributed by atoms with Crippen LogP contribution in [0.25, 0.3) is 0 Å². The number of rotatable bonds is 4. The zero-order chi connectivity index (χ0) is 14.9. The van der Waals surface area contributed by atoms with Crippen molar-refractivity contribution in [3.05, 3.63) is 34.2 Å². The van der Waals surface area contributed by atoms with Crippen LogP contribution in [0.5, 0.6) is 0 Å². The van der Waals surface area contributed by atoms with E-state index in [2.05, 4.69) is 19.0 Å². The number of carbonyl (C=O) groups is 1. The Bertz CT molecular complexity index is 558. The standard InChI is InChI=1S/C15H23N3O2/c1-16(2)15(7-5-8-15)11-18(4)14(20)12-6-9-17(3)13(19)10-12/h6,9-10H,5,7-8,11H2,1-4H3. The van der Waals surface area contributed by atoms with Gasteiger partial charge in [0.15, 0.2) is 0 Å². The van der Waals surface area contributed by atoms with Crippen LogP contribution in [-0.4, -0.2) is 53.5 Å². The van der Waals surface area contributed by atoms with E-state index in [1.165, 1.54) is 17.1 Å². The number of hydrogen-bond donors (Lipinski definition) is 0. The van der Waals surface area contributed by atoms with E-state index in [0.29, 0.717) is 12.1 Å². The lowest BCUT2D eigenvalue weighted by atomic mass is 9.75. The first-order valence-corrected chi connectivity index (χ1v) is 6.95. The molecule has 1 aliphatic carbocycles. The molecule has 1 aromatic heterocycles. The zero-order valence-corrected chi connectivity index (χ0v) is 12.7. The summed E-state index contributed by atoms with van der Waals surface area (Å²) in [6.45, 7) is 0.702. The van der Waals surface area contributed by atoms with Crippen molar-refractivity contribution >= 4 is 5.91 Å².